The Morgan fingerprint density at radius 3 is 2.70 bits per heavy atom. The van der Waals surface area contributed by atoms with Crippen molar-refractivity contribution in [2.75, 3.05) is 19.7 Å². The maximum atomic E-state index is 12.3. The fraction of sp³-hybridized carbons (Fsp3) is 0.333. The first-order valence-corrected chi connectivity index (χ1v) is 9.09. The van der Waals surface area contributed by atoms with Gasteiger partial charge >= 0.3 is 0 Å². The van der Waals surface area contributed by atoms with Crippen LogP contribution in [0.15, 0.2) is 48.5 Å². The Kier molecular flexibility index (Phi) is 6.08. The molecule has 3 rings (SSSR count). The van der Waals surface area contributed by atoms with Gasteiger partial charge in [-0.05, 0) is 42.2 Å². The van der Waals surface area contributed by atoms with Crippen LogP contribution < -0.4 is 15.8 Å². The molecular weight excluding hydrogens is 342 g/mol. The number of carbonyl (C=O) groups excluding carboxylic acids is 2. The predicted molar refractivity (Wildman–Crippen MR) is 103 cm³/mol. The summed E-state index contributed by atoms with van der Waals surface area (Å²) in [6.45, 7) is 3.46. The van der Waals surface area contributed by atoms with Gasteiger partial charge in [0.15, 0.2) is 0 Å². The Hall–Kier alpha value is -2.86. The molecule has 0 bridgehead atoms. The van der Waals surface area contributed by atoms with Crippen LogP contribution in [0.5, 0.6) is 5.75 Å². The highest BCUT2D eigenvalue weighted by Gasteiger charge is 2.30. The molecule has 1 aliphatic rings. The van der Waals surface area contributed by atoms with E-state index in [1.54, 1.807) is 0 Å². The van der Waals surface area contributed by atoms with Gasteiger partial charge in [0.05, 0.1) is 19.1 Å². The molecule has 0 spiro atoms. The van der Waals surface area contributed by atoms with E-state index in [0.29, 0.717) is 26.1 Å². The number of hydrogen-bond acceptors (Lipinski definition) is 4. The highest BCUT2D eigenvalue weighted by Crippen LogP contribution is 2.22. The van der Waals surface area contributed by atoms with Gasteiger partial charge in [-0.1, -0.05) is 36.4 Å². The van der Waals surface area contributed by atoms with Crippen molar-refractivity contribution in [2.24, 2.45) is 5.73 Å². The van der Waals surface area contributed by atoms with Gasteiger partial charge < -0.3 is 15.8 Å². The number of ether oxygens (including phenoxy) is 1. The van der Waals surface area contributed by atoms with Crippen LogP contribution >= 0.6 is 0 Å². The highest BCUT2D eigenvalue weighted by atomic mass is 16.5. The fourth-order valence-electron chi connectivity index (χ4n) is 3.33. The Balaban J connectivity index is 1.49. The van der Waals surface area contributed by atoms with Crippen LogP contribution in [0, 0.1) is 6.92 Å². The molecule has 0 radical (unpaired) electrons. The number of nitrogens with zero attached hydrogens (tertiary/aromatic N) is 1. The predicted octanol–water partition coefficient (Wildman–Crippen LogP) is 1.40. The van der Waals surface area contributed by atoms with E-state index in [4.69, 9.17) is 10.5 Å². The zero-order valence-corrected chi connectivity index (χ0v) is 15.5. The number of primary amides is 1. The van der Waals surface area contributed by atoms with E-state index >= 15 is 0 Å². The molecule has 0 aromatic heterocycles. The molecule has 1 heterocycles. The average Bonchev–Trinajstić information content (AvgIpc) is 2.64. The molecule has 2 aromatic carbocycles. The summed E-state index contributed by atoms with van der Waals surface area (Å²) < 4.78 is 5.63. The molecule has 142 valence electrons. The Bertz CT molecular complexity index is 822. The number of nitrogens with two attached hydrogens (primary N) is 1. The van der Waals surface area contributed by atoms with E-state index in [1.807, 2.05) is 60.4 Å². The SMILES string of the molecule is Cc1cccc(OCCNC(=O)CN2Cc3ccccc3C[C@H]2C(N)=O)c1. The molecule has 6 heteroatoms. The zero-order chi connectivity index (χ0) is 19.2. The number of benzene rings is 2. The quantitative estimate of drug-likeness (QED) is 0.725. The van der Waals surface area contributed by atoms with E-state index in [1.165, 1.54) is 0 Å². The Morgan fingerprint density at radius 2 is 1.96 bits per heavy atom. The van der Waals surface area contributed by atoms with Crippen molar-refractivity contribution in [3.63, 3.8) is 0 Å². The molecule has 0 fully saturated rings. The first-order chi connectivity index (χ1) is 13.0. The van der Waals surface area contributed by atoms with Crippen molar-refractivity contribution < 1.29 is 14.3 Å². The normalized spacial score (nSPS) is 16.4. The maximum Gasteiger partial charge on any atom is 0.235 e. The molecule has 0 aliphatic carbocycles. The molecule has 6 nitrogen and oxygen atoms in total. The molecule has 0 saturated heterocycles. The van der Waals surface area contributed by atoms with Crippen LogP contribution in [0.1, 0.15) is 16.7 Å². The van der Waals surface area contributed by atoms with E-state index in [9.17, 15) is 9.59 Å². The summed E-state index contributed by atoms with van der Waals surface area (Å²) in [6.07, 6.45) is 0.537. The fourth-order valence-corrected chi connectivity index (χ4v) is 3.33. The highest BCUT2D eigenvalue weighted by molar-refractivity contribution is 5.83. The summed E-state index contributed by atoms with van der Waals surface area (Å²) in [6, 6.07) is 15.2. The lowest BCUT2D eigenvalue weighted by molar-refractivity contribution is -0.127. The van der Waals surface area contributed by atoms with Crippen LogP contribution in [0.4, 0.5) is 0 Å². The maximum absolute atomic E-state index is 12.3. The van der Waals surface area contributed by atoms with Crippen LogP contribution in [0.25, 0.3) is 0 Å². The largest absolute Gasteiger partial charge is 0.492 e. The van der Waals surface area contributed by atoms with E-state index in [-0.39, 0.29) is 12.5 Å². The van der Waals surface area contributed by atoms with Crippen molar-refractivity contribution in [1.29, 1.82) is 0 Å². The molecule has 1 atom stereocenters. The first kappa shape index (κ1) is 18.9. The average molecular weight is 367 g/mol. The number of nitrogens with one attached hydrogen (secondary N) is 1. The third-order valence-electron chi connectivity index (χ3n) is 4.70. The summed E-state index contributed by atoms with van der Waals surface area (Å²) in [4.78, 5) is 26.0. The Labute approximate surface area is 159 Å². The number of rotatable bonds is 7. The molecule has 1 aliphatic heterocycles. The Morgan fingerprint density at radius 1 is 1.19 bits per heavy atom. The lowest BCUT2D eigenvalue weighted by Gasteiger charge is -2.34. The lowest BCUT2D eigenvalue weighted by Crippen LogP contribution is -2.51. The third-order valence-corrected chi connectivity index (χ3v) is 4.70. The second-order valence-corrected chi connectivity index (χ2v) is 6.81. The molecular formula is C21H25N3O3. The van der Waals surface area contributed by atoms with Crippen molar-refractivity contribution >= 4 is 11.8 Å². The summed E-state index contributed by atoms with van der Waals surface area (Å²) in [5, 5.41) is 2.84. The lowest BCUT2D eigenvalue weighted by atomic mass is 9.93. The summed E-state index contributed by atoms with van der Waals surface area (Å²) in [5.74, 6) is 0.235. The monoisotopic (exact) mass is 367 g/mol. The van der Waals surface area contributed by atoms with Crippen molar-refractivity contribution in [3.05, 3.63) is 65.2 Å². The van der Waals surface area contributed by atoms with Crippen LogP contribution in [0.3, 0.4) is 0 Å². The van der Waals surface area contributed by atoms with Gasteiger partial charge in [0, 0.05) is 6.54 Å². The molecule has 27 heavy (non-hydrogen) atoms. The molecule has 0 saturated carbocycles. The van der Waals surface area contributed by atoms with Gasteiger partial charge in [0.25, 0.3) is 0 Å². The van der Waals surface area contributed by atoms with Crippen LogP contribution in [-0.4, -0.2) is 42.5 Å². The minimum absolute atomic E-state index is 0.131. The zero-order valence-electron chi connectivity index (χ0n) is 15.5. The van der Waals surface area contributed by atoms with E-state index in [0.717, 1.165) is 22.4 Å². The molecule has 3 N–H and O–H groups in total. The number of hydrogen-bond donors (Lipinski definition) is 2. The minimum atomic E-state index is -0.464. The molecule has 0 unspecified atom stereocenters. The van der Waals surface area contributed by atoms with E-state index in [2.05, 4.69) is 5.32 Å². The molecule has 2 amide bonds. The number of aryl methyl sites for hydroxylation is 1. The van der Waals surface area contributed by atoms with Gasteiger partial charge in [-0.25, -0.2) is 0 Å². The first-order valence-electron chi connectivity index (χ1n) is 9.09. The van der Waals surface area contributed by atoms with Gasteiger partial charge in [-0.2, -0.15) is 0 Å². The topological polar surface area (TPSA) is 84.7 Å². The smallest absolute Gasteiger partial charge is 0.235 e. The number of amides is 2. The summed E-state index contributed by atoms with van der Waals surface area (Å²) in [7, 11) is 0. The minimum Gasteiger partial charge on any atom is -0.492 e. The van der Waals surface area contributed by atoms with Gasteiger partial charge in [0.1, 0.15) is 12.4 Å². The van der Waals surface area contributed by atoms with Crippen molar-refractivity contribution in [2.45, 2.75) is 25.9 Å². The van der Waals surface area contributed by atoms with Crippen LogP contribution in [0.2, 0.25) is 0 Å². The van der Waals surface area contributed by atoms with E-state index < -0.39 is 11.9 Å². The van der Waals surface area contributed by atoms with Crippen molar-refractivity contribution in [3.8, 4) is 5.75 Å². The standard InChI is InChI=1S/C21H25N3O3/c1-15-5-4-8-18(11-15)27-10-9-23-20(25)14-24-13-17-7-3-2-6-16(17)12-19(24)21(22)26/h2-8,11,19H,9-10,12-14H2,1H3,(H2,22,26)(H,23,25)/t19-/m0/s1. The number of fused-ring (bicyclic) bond motifs is 1. The van der Waals surface area contributed by atoms with Gasteiger partial charge in [0.2, 0.25) is 11.8 Å². The molecule has 2 aromatic rings. The van der Waals surface area contributed by atoms with Gasteiger partial charge in [-0.15, -0.1) is 0 Å². The van der Waals surface area contributed by atoms with Gasteiger partial charge in [-0.3, -0.25) is 14.5 Å². The van der Waals surface area contributed by atoms with Crippen molar-refractivity contribution in [1.82, 2.24) is 10.2 Å². The van der Waals surface area contributed by atoms with Crippen LogP contribution in [-0.2, 0) is 22.6 Å². The second-order valence-electron chi connectivity index (χ2n) is 6.81. The second kappa shape index (κ2) is 8.68. The summed E-state index contributed by atoms with van der Waals surface area (Å²) >= 11 is 0. The number of carbonyl (C=O) groups is 2. The third kappa shape index (κ3) is 5.08. The summed E-state index contributed by atoms with van der Waals surface area (Å²) in [5.41, 5.74) is 8.93.